The van der Waals surface area contributed by atoms with Crippen molar-refractivity contribution in [1.82, 2.24) is 10.3 Å². The minimum atomic E-state index is -5.60. The van der Waals surface area contributed by atoms with Crippen molar-refractivity contribution in [1.29, 1.82) is 0 Å². The van der Waals surface area contributed by atoms with E-state index in [0.29, 0.717) is 22.6 Å². The Hall–Kier alpha value is -4.33. The normalized spacial score (nSPS) is 17.9. The lowest BCUT2D eigenvalue weighted by molar-refractivity contribution is -0.121. The number of carbonyl (C=O) groups excluding carboxylic acids is 3. The predicted molar refractivity (Wildman–Crippen MR) is 126 cm³/mol. The van der Waals surface area contributed by atoms with Gasteiger partial charge < -0.3 is 10.6 Å². The molecule has 1 aliphatic rings. The average Bonchev–Trinajstić information content (AvgIpc) is 3.06. The van der Waals surface area contributed by atoms with Gasteiger partial charge in [0.15, 0.2) is 0 Å². The number of hydrogen-bond donors (Lipinski definition) is 2. The summed E-state index contributed by atoms with van der Waals surface area (Å²) in [6, 6.07) is 10.2. The van der Waals surface area contributed by atoms with Crippen LogP contribution >= 0.6 is 0 Å². The summed E-state index contributed by atoms with van der Waals surface area (Å²) < 4.78 is 74.6. The lowest BCUT2D eigenvalue weighted by atomic mass is 9.93. The van der Waals surface area contributed by atoms with Crippen LogP contribution in [0.2, 0.25) is 0 Å². The molecule has 1 fully saturated rings. The highest BCUT2D eigenvalue weighted by atomic mass is 32.2. The molecule has 4 amide bonds. The number of carbonyl (C=O) groups is 3. The molecule has 1 saturated heterocycles. The maximum atomic E-state index is 13.2. The van der Waals surface area contributed by atoms with Crippen molar-refractivity contribution in [2.45, 2.75) is 29.3 Å². The molecule has 0 saturated carbocycles. The quantitative estimate of drug-likeness (QED) is 0.355. The summed E-state index contributed by atoms with van der Waals surface area (Å²) >= 11 is 0. The molecule has 9 nitrogen and oxygen atoms in total. The first kappa shape index (κ1) is 26.7. The lowest BCUT2D eigenvalue weighted by Crippen LogP contribution is -2.46. The monoisotopic (exact) mass is 550 g/mol. The van der Waals surface area contributed by atoms with Crippen molar-refractivity contribution in [2.75, 3.05) is 10.2 Å². The van der Waals surface area contributed by atoms with Crippen LogP contribution in [-0.2, 0) is 21.1 Å². The van der Waals surface area contributed by atoms with Gasteiger partial charge in [-0.2, -0.15) is 13.2 Å². The molecule has 1 atom stereocenters. The van der Waals surface area contributed by atoms with Crippen molar-refractivity contribution in [2.24, 2.45) is 0 Å². The fraction of sp³-hybridized carbons (Fsp3) is 0.167. The first-order valence-corrected chi connectivity index (χ1v) is 12.3. The zero-order chi connectivity index (χ0) is 27.9. The Morgan fingerprint density at radius 1 is 1.05 bits per heavy atom. The number of imide groups is 1. The summed E-state index contributed by atoms with van der Waals surface area (Å²) in [6.07, 6.45) is 1.33. The summed E-state index contributed by atoms with van der Waals surface area (Å²) in [6.45, 7) is 1.44. The maximum absolute atomic E-state index is 13.2. The fourth-order valence-electron chi connectivity index (χ4n) is 3.80. The molecule has 0 spiro atoms. The molecule has 2 heterocycles. The third kappa shape index (κ3) is 5.07. The highest BCUT2D eigenvalue weighted by molar-refractivity contribution is 7.92. The van der Waals surface area contributed by atoms with Gasteiger partial charge in [-0.15, -0.1) is 0 Å². The van der Waals surface area contributed by atoms with Crippen LogP contribution in [0, 0.1) is 5.82 Å². The minimum Gasteiger partial charge on any atom is -0.323 e. The second-order valence-corrected chi connectivity index (χ2v) is 10.5. The van der Waals surface area contributed by atoms with E-state index in [1.54, 1.807) is 6.07 Å². The summed E-state index contributed by atoms with van der Waals surface area (Å²) in [5.41, 5.74) is -6.42. The topological polar surface area (TPSA) is 126 Å². The van der Waals surface area contributed by atoms with Gasteiger partial charge in [-0.25, -0.2) is 27.5 Å². The molecular formula is C24H18F4N4O5S. The third-order valence-electron chi connectivity index (χ3n) is 5.70. The molecule has 1 aliphatic heterocycles. The molecule has 0 bridgehead atoms. The van der Waals surface area contributed by atoms with Crippen LogP contribution in [0.25, 0.3) is 0 Å². The molecule has 2 aromatic carbocycles. The molecule has 198 valence electrons. The number of nitrogens with zero attached hydrogens (tertiary/aromatic N) is 2. The van der Waals surface area contributed by atoms with E-state index in [4.69, 9.17) is 0 Å². The van der Waals surface area contributed by atoms with Crippen LogP contribution < -0.4 is 15.5 Å². The van der Waals surface area contributed by atoms with Gasteiger partial charge in [-0.05, 0) is 73.2 Å². The lowest BCUT2D eigenvalue weighted by Gasteiger charge is -2.22. The summed E-state index contributed by atoms with van der Waals surface area (Å²) in [5.74, 6) is -1.65. The minimum absolute atomic E-state index is 0.0451. The number of urea groups is 1. The number of anilines is 2. The van der Waals surface area contributed by atoms with Crippen molar-refractivity contribution in [3.8, 4) is 0 Å². The highest BCUT2D eigenvalue weighted by Crippen LogP contribution is 2.33. The molecule has 4 rings (SSSR count). The largest absolute Gasteiger partial charge is 0.501 e. The number of hydrogen-bond acceptors (Lipinski definition) is 6. The van der Waals surface area contributed by atoms with E-state index in [1.165, 1.54) is 31.3 Å². The first-order valence-electron chi connectivity index (χ1n) is 10.8. The summed E-state index contributed by atoms with van der Waals surface area (Å²) in [7, 11) is -5.60. The standard InChI is InChI=1S/C24H18F4N4O5S/c1-23(13-14-10-11-29-19(12-14)30-20(33)15-2-4-16(25)5-3-15)21(34)32(22(35)31-23)17-6-8-18(9-7-17)38(36,37)24(26,27)28/h2-12H,13H2,1H3,(H,31,35)(H,29,30,33). The van der Waals surface area contributed by atoms with Crippen molar-refractivity contribution < 1.29 is 40.4 Å². The predicted octanol–water partition coefficient (Wildman–Crippen LogP) is 3.82. The van der Waals surface area contributed by atoms with E-state index >= 15 is 0 Å². The van der Waals surface area contributed by atoms with Gasteiger partial charge in [0.05, 0.1) is 10.6 Å². The molecule has 2 N–H and O–H groups in total. The Balaban J connectivity index is 1.51. The van der Waals surface area contributed by atoms with E-state index in [-0.39, 0.29) is 23.5 Å². The molecule has 38 heavy (non-hydrogen) atoms. The van der Waals surface area contributed by atoms with E-state index in [2.05, 4.69) is 15.6 Å². The van der Waals surface area contributed by atoms with Crippen LogP contribution in [0.3, 0.4) is 0 Å². The van der Waals surface area contributed by atoms with E-state index in [9.17, 15) is 40.4 Å². The molecule has 0 radical (unpaired) electrons. The van der Waals surface area contributed by atoms with Gasteiger partial charge in [0, 0.05) is 18.2 Å². The number of halogens is 4. The Morgan fingerprint density at radius 2 is 1.68 bits per heavy atom. The van der Waals surface area contributed by atoms with E-state index in [1.807, 2.05) is 0 Å². The van der Waals surface area contributed by atoms with Crippen LogP contribution in [0.15, 0.2) is 71.8 Å². The Morgan fingerprint density at radius 3 is 2.29 bits per heavy atom. The van der Waals surface area contributed by atoms with Gasteiger partial charge in [-0.1, -0.05) is 0 Å². The molecule has 0 aliphatic carbocycles. The fourth-order valence-corrected chi connectivity index (χ4v) is 4.56. The molecule has 14 heteroatoms. The maximum Gasteiger partial charge on any atom is 0.501 e. The number of pyridine rings is 1. The highest BCUT2D eigenvalue weighted by Gasteiger charge is 2.49. The van der Waals surface area contributed by atoms with Gasteiger partial charge in [0.2, 0.25) is 0 Å². The number of amides is 4. The smallest absolute Gasteiger partial charge is 0.323 e. The second-order valence-electron chi connectivity index (χ2n) is 8.53. The molecule has 1 aromatic heterocycles. The van der Waals surface area contributed by atoms with Gasteiger partial charge in [0.1, 0.15) is 17.2 Å². The number of rotatable bonds is 6. The van der Waals surface area contributed by atoms with Crippen LogP contribution in [0.5, 0.6) is 0 Å². The summed E-state index contributed by atoms with van der Waals surface area (Å²) in [4.78, 5) is 41.9. The molecule has 1 unspecified atom stereocenters. The summed E-state index contributed by atoms with van der Waals surface area (Å²) in [5, 5.41) is 5.09. The van der Waals surface area contributed by atoms with E-state index < -0.39 is 49.4 Å². The average molecular weight is 550 g/mol. The van der Waals surface area contributed by atoms with Gasteiger partial charge >= 0.3 is 11.5 Å². The number of nitrogens with one attached hydrogen (secondary N) is 2. The zero-order valence-electron chi connectivity index (χ0n) is 19.4. The Bertz CT molecular complexity index is 1530. The SMILES string of the molecule is CC1(Cc2ccnc(NC(=O)c3ccc(F)cc3)c2)NC(=O)N(c2ccc(S(=O)(=O)C(F)(F)F)cc2)C1=O. The number of sulfone groups is 1. The van der Waals surface area contributed by atoms with Crippen molar-refractivity contribution in [3.63, 3.8) is 0 Å². The second kappa shape index (κ2) is 9.52. The third-order valence-corrected chi connectivity index (χ3v) is 7.20. The first-order chi connectivity index (χ1) is 17.7. The number of alkyl halides is 3. The number of aromatic nitrogens is 1. The van der Waals surface area contributed by atoms with Crippen LogP contribution in [0.4, 0.5) is 33.9 Å². The van der Waals surface area contributed by atoms with Crippen molar-refractivity contribution >= 4 is 39.2 Å². The van der Waals surface area contributed by atoms with Crippen LogP contribution in [0.1, 0.15) is 22.8 Å². The molecule has 3 aromatic rings. The van der Waals surface area contributed by atoms with Crippen molar-refractivity contribution in [3.05, 3.63) is 83.8 Å². The zero-order valence-corrected chi connectivity index (χ0v) is 20.2. The Kier molecular flexibility index (Phi) is 6.69. The molecular weight excluding hydrogens is 532 g/mol. The van der Waals surface area contributed by atoms with E-state index in [0.717, 1.165) is 24.3 Å². The Labute approximate surface area is 213 Å². The van der Waals surface area contributed by atoms with Gasteiger partial charge in [0.25, 0.3) is 21.7 Å². The van der Waals surface area contributed by atoms with Gasteiger partial charge in [-0.3, -0.25) is 9.59 Å². The number of benzene rings is 2. The van der Waals surface area contributed by atoms with Crippen LogP contribution in [-0.4, -0.2) is 42.3 Å².